The maximum Gasteiger partial charge on any atom is 0.309 e. The molecule has 7 fully saturated rings. The standard InChI is InChI=1S/C37H59NO10/c1-8-21(4)29(39)46-27-14-15-31(6)23-11-12-24-33(42)16-28(47-30(40)22(5)9-2)36(44)25(34(33,43)19-35(24,31)48-37(23,27)45)18-38-17-20(3)10-13-26(38)32(36,7)41/h20-28,41-45H,8-19H2,1-7H3/t20-,21?,22?,23?,24-,25-,26-,27-,28-,31-,32+,33+,34+,35?,36-,37-/m0/s1. The second-order valence-electron chi connectivity index (χ2n) is 17.8. The van der Waals surface area contributed by atoms with Crippen molar-refractivity contribution in [3.63, 3.8) is 0 Å². The first kappa shape index (κ1) is 35.1. The number of carbonyl (C=O) groups is 2. The van der Waals surface area contributed by atoms with E-state index in [0.717, 1.165) is 6.42 Å². The van der Waals surface area contributed by atoms with Crippen LogP contribution in [0, 0.1) is 40.9 Å². The number of esters is 2. The molecule has 0 amide bonds. The van der Waals surface area contributed by atoms with Gasteiger partial charge in [0.25, 0.3) is 0 Å². The summed E-state index contributed by atoms with van der Waals surface area (Å²) in [5.74, 6) is -5.36. The van der Waals surface area contributed by atoms with E-state index in [4.69, 9.17) is 14.2 Å². The molecule has 7 aliphatic rings. The summed E-state index contributed by atoms with van der Waals surface area (Å²) in [6.45, 7) is 14.0. The molecule has 4 bridgehead atoms. The largest absolute Gasteiger partial charge is 0.459 e. The van der Waals surface area contributed by atoms with Crippen LogP contribution in [0.3, 0.4) is 0 Å². The van der Waals surface area contributed by atoms with E-state index in [9.17, 15) is 35.1 Å². The normalized spacial score (nSPS) is 55.0. The van der Waals surface area contributed by atoms with Crippen molar-refractivity contribution in [2.45, 2.75) is 165 Å². The number of nitrogens with zero attached hydrogens (tertiary/aromatic N) is 1. The fourth-order valence-corrected chi connectivity index (χ4v) is 12.4. The molecule has 1 spiro atoms. The molecule has 0 radical (unpaired) electrons. The summed E-state index contributed by atoms with van der Waals surface area (Å²) < 4.78 is 19.0. The van der Waals surface area contributed by atoms with Gasteiger partial charge in [0.05, 0.1) is 17.4 Å². The Balaban J connectivity index is 1.34. The van der Waals surface area contributed by atoms with Crippen molar-refractivity contribution in [2.24, 2.45) is 40.9 Å². The molecular weight excluding hydrogens is 618 g/mol. The van der Waals surface area contributed by atoms with Gasteiger partial charge in [-0.2, -0.15) is 0 Å². The Kier molecular flexibility index (Phi) is 7.92. The lowest BCUT2D eigenvalue weighted by Gasteiger charge is -2.68. The van der Waals surface area contributed by atoms with Crippen LogP contribution in [0.15, 0.2) is 0 Å². The molecule has 48 heavy (non-hydrogen) atoms. The molecule has 272 valence electrons. The minimum atomic E-state index is -2.08. The van der Waals surface area contributed by atoms with Gasteiger partial charge in [0.1, 0.15) is 28.5 Å². The average Bonchev–Trinajstić information content (AvgIpc) is 3.20. The summed E-state index contributed by atoms with van der Waals surface area (Å²) in [4.78, 5) is 28.6. The minimum Gasteiger partial charge on any atom is -0.459 e. The lowest BCUT2D eigenvalue weighted by Crippen LogP contribution is -2.85. The van der Waals surface area contributed by atoms with Crippen molar-refractivity contribution in [1.29, 1.82) is 0 Å². The van der Waals surface area contributed by atoms with Crippen LogP contribution in [-0.4, -0.2) is 108 Å². The topological polar surface area (TPSA) is 166 Å². The molecule has 4 unspecified atom stereocenters. The van der Waals surface area contributed by atoms with Crippen LogP contribution in [0.2, 0.25) is 0 Å². The third-order valence-corrected chi connectivity index (χ3v) is 15.6. The molecule has 16 atom stereocenters. The monoisotopic (exact) mass is 677 g/mol. The Morgan fingerprint density at radius 3 is 2.04 bits per heavy atom. The van der Waals surface area contributed by atoms with E-state index in [2.05, 4.69) is 18.7 Å². The van der Waals surface area contributed by atoms with E-state index < -0.39 is 87.1 Å². The van der Waals surface area contributed by atoms with Crippen LogP contribution in [-0.2, 0) is 23.8 Å². The quantitative estimate of drug-likeness (QED) is 0.263. The molecule has 3 aliphatic heterocycles. The van der Waals surface area contributed by atoms with Crippen LogP contribution in [0.4, 0.5) is 0 Å². The highest BCUT2D eigenvalue weighted by Gasteiger charge is 2.89. The van der Waals surface area contributed by atoms with Crippen molar-refractivity contribution in [2.75, 3.05) is 13.1 Å². The molecule has 4 aliphatic carbocycles. The van der Waals surface area contributed by atoms with Crippen molar-refractivity contribution in [1.82, 2.24) is 4.90 Å². The number of hydrogen-bond donors (Lipinski definition) is 5. The number of fused-ring (bicyclic) bond motifs is 5. The molecule has 11 heteroatoms. The average molecular weight is 678 g/mol. The van der Waals surface area contributed by atoms with E-state index in [1.54, 1.807) is 20.8 Å². The molecule has 3 heterocycles. The minimum absolute atomic E-state index is 0.0777. The van der Waals surface area contributed by atoms with Crippen LogP contribution < -0.4 is 0 Å². The summed E-state index contributed by atoms with van der Waals surface area (Å²) >= 11 is 0. The van der Waals surface area contributed by atoms with Crippen LogP contribution in [0.1, 0.15) is 113 Å². The predicted molar refractivity (Wildman–Crippen MR) is 173 cm³/mol. The Labute approximate surface area is 284 Å². The number of rotatable bonds is 6. The first-order valence-corrected chi connectivity index (χ1v) is 18.8. The van der Waals surface area contributed by atoms with Gasteiger partial charge in [-0.15, -0.1) is 0 Å². The van der Waals surface area contributed by atoms with Gasteiger partial charge >= 0.3 is 11.9 Å². The summed E-state index contributed by atoms with van der Waals surface area (Å²) in [6.07, 6.45) is 1.90. The zero-order valence-electron chi connectivity index (χ0n) is 29.9. The Morgan fingerprint density at radius 1 is 0.812 bits per heavy atom. The van der Waals surface area contributed by atoms with Crippen molar-refractivity contribution < 1.29 is 49.3 Å². The Bertz CT molecular complexity index is 1340. The highest BCUT2D eigenvalue weighted by atomic mass is 16.7. The summed E-state index contributed by atoms with van der Waals surface area (Å²) in [5.41, 5.74) is -9.62. The second kappa shape index (κ2) is 10.8. The summed E-state index contributed by atoms with van der Waals surface area (Å²) in [5, 5.41) is 64.5. The molecule has 5 N–H and O–H groups in total. The van der Waals surface area contributed by atoms with Crippen LogP contribution >= 0.6 is 0 Å². The van der Waals surface area contributed by atoms with Gasteiger partial charge in [-0.05, 0) is 64.2 Å². The van der Waals surface area contributed by atoms with E-state index in [1.807, 2.05) is 13.8 Å². The van der Waals surface area contributed by atoms with Gasteiger partial charge in [0.15, 0.2) is 6.10 Å². The van der Waals surface area contributed by atoms with Gasteiger partial charge in [0, 0.05) is 55.1 Å². The van der Waals surface area contributed by atoms with Crippen molar-refractivity contribution >= 4 is 11.9 Å². The number of hydrogen-bond acceptors (Lipinski definition) is 11. The van der Waals surface area contributed by atoms with E-state index in [1.165, 1.54) is 0 Å². The fourth-order valence-electron chi connectivity index (χ4n) is 12.4. The maximum atomic E-state index is 13.4. The first-order chi connectivity index (χ1) is 22.3. The summed E-state index contributed by atoms with van der Waals surface area (Å²) in [7, 11) is 0. The lowest BCUT2D eigenvalue weighted by molar-refractivity contribution is -0.355. The van der Waals surface area contributed by atoms with Crippen molar-refractivity contribution in [3.05, 3.63) is 0 Å². The van der Waals surface area contributed by atoms with E-state index in [0.29, 0.717) is 57.4 Å². The highest BCUT2D eigenvalue weighted by Crippen LogP contribution is 2.78. The molecule has 4 saturated carbocycles. The highest BCUT2D eigenvalue weighted by molar-refractivity contribution is 5.72. The zero-order chi connectivity index (χ0) is 35.0. The van der Waals surface area contributed by atoms with Crippen molar-refractivity contribution in [3.8, 4) is 0 Å². The maximum absolute atomic E-state index is 13.4. The zero-order valence-corrected chi connectivity index (χ0v) is 29.9. The number of carbonyl (C=O) groups excluding carboxylic acids is 2. The third-order valence-electron chi connectivity index (χ3n) is 15.6. The first-order valence-electron chi connectivity index (χ1n) is 18.8. The molecular formula is C37H59NO10. The molecule has 3 saturated heterocycles. The molecule has 0 aromatic heterocycles. The van der Waals surface area contributed by atoms with Gasteiger partial charge in [-0.1, -0.05) is 41.5 Å². The lowest BCUT2D eigenvalue weighted by atomic mass is 9.48. The Hall–Kier alpha value is -1.34. The smallest absolute Gasteiger partial charge is 0.309 e. The van der Waals surface area contributed by atoms with Crippen LogP contribution in [0.25, 0.3) is 0 Å². The van der Waals surface area contributed by atoms with Gasteiger partial charge in [0.2, 0.25) is 5.79 Å². The SMILES string of the molecule is CCC(C)C(=O)O[C@H]1C[C@@]2(O)[C@@H]3CCC4[C@]5(O)OC3(C[C@@]2(O)[C@@H]2CN3C[C@@H](C)CC[C@H]3[C@@](C)(O)[C@@]12O)[C@@]4(C)CC[C@@H]5OC(=O)C(C)CC. The second-order valence-corrected chi connectivity index (χ2v) is 17.8. The van der Waals surface area contributed by atoms with Gasteiger partial charge in [-0.25, -0.2) is 0 Å². The molecule has 11 nitrogen and oxygen atoms in total. The van der Waals surface area contributed by atoms with Crippen LogP contribution in [0.5, 0.6) is 0 Å². The predicted octanol–water partition coefficient (Wildman–Crippen LogP) is 2.67. The Morgan fingerprint density at radius 2 is 1.42 bits per heavy atom. The molecule has 0 aromatic carbocycles. The molecule has 0 aromatic rings. The van der Waals surface area contributed by atoms with Gasteiger partial charge in [-0.3, -0.25) is 14.5 Å². The number of piperidine rings is 2. The van der Waals surface area contributed by atoms with Gasteiger partial charge < -0.3 is 39.7 Å². The van der Waals surface area contributed by atoms with E-state index in [-0.39, 0.29) is 31.3 Å². The molecule has 7 rings (SSSR count). The number of ether oxygens (including phenoxy) is 3. The number of aliphatic hydroxyl groups is 5. The fraction of sp³-hybridized carbons (Fsp3) is 0.946. The van der Waals surface area contributed by atoms with E-state index >= 15 is 0 Å². The summed E-state index contributed by atoms with van der Waals surface area (Å²) in [6, 6.07) is -0.429. The third kappa shape index (κ3) is 4.07.